The third-order valence-electron chi connectivity index (χ3n) is 4.38. The summed E-state index contributed by atoms with van der Waals surface area (Å²) >= 11 is 1.51. The van der Waals surface area contributed by atoms with E-state index < -0.39 is 11.9 Å². The maximum atomic E-state index is 12.6. The molecule has 1 aliphatic heterocycles. The van der Waals surface area contributed by atoms with Crippen LogP contribution in [0.4, 0.5) is 0 Å². The standard InChI is InChI=1S/C18H16N2O4S/c21-17(20-9-3-4-11(10-20)18(22)23)14-8-7-13(24-14)16-19-12-5-1-2-6-15(12)25-16/h1-2,5-8,11H,3-4,9-10H2,(H,22,23)/t11-/m0/s1. The number of amides is 1. The van der Waals surface area contributed by atoms with Crippen LogP contribution in [0, 0.1) is 5.92 Å². The molecule has 0 saturated carbocycles. The maximum absolute atomic E-state index is 12.6. The van der Waals surface area contributed by atoms with Crippen molar-refractivity contribution < 1.29 is 19.1 Å². The third-order valence-corrected chi connectivity index (χ3v) is 5.43. The lowest BCUT2D eigenvalue weighted by Crippen LogP contribution is -2.42. The number of carbonyl (C=O) groups excluding carboxylic acids is 1. The van der Waals surface area contributed by atoms with Gasteiger partial charge in [0.1, 0.15) is 0 Å². The monoisotopic (exact) mass is 356 g/mol. The van der Waals surface area contributed by atoms with Crippen LogP contribution in [0.2, 0.25) is 0 Å². The van der Waals surface area contributed by atoms with Gasteiger partial charge in [0.15, 0.2) is 16.5 Å². The number of hydrogen-bond donors (Lipinski definition) is 1. The Hall–Kier alpha value is -2.67. The fourth-order valence-corrected chi connectivity index (χ4v) is 3.99. The van der Waals surface area contributed by atoms with Gasteiger partial charge in [-0.1, -0.05) is 12.1 Å². The predicted molar refractivity (Wildman–Crippen MR) is 93.6 cm³/mol. The number of carbonyl (C=O) groups is 2. The molecule has 2 aromatic heterocycles. The highest BCUT2D eigenvalue weighted by molar-refractivity contribution is 7.21. The van der Waals surface area contributed by atoms with Crippen molar-refractivity contribution in [1.29, 1.82) is 0 Å². The molecule has 1 atom stereocenters. The molecule has 1 N–H and O–H groups in total. The van der Waals surface area contributed by atoms with Gasteiger partial charge >= 0.3 is 5.97 Å². The van der Waals surface area contributed by atoms with Crippen molar-refractivity contribution in [2.24, 2.45) is 5.92 Å². The lowest BCUT2D eigenvalue weighted by Gasteiger charge is -2.29. The molecule has 1 aromatic carbocycles. The summed E-state index contributed by atoms with van der Waals surface area (Å²) in [6, 6.07) is 11.2. The first kappa shape index (κ1) is 15.8. The van der Waals surface area contributed by atoms with Gasteiger partial charge in [-0.05, 0) is 37.1 Å². The first-order valence-electron chi connectivity index (χ1n) is 8.09. The van der Waals surface area contributed by atoms with Crippen molar-refractivity contribution in [2.45, 2.75) is 12.8 Å². The molecular formula is C18H16N2O4S. The van der Waals surface area contributed by atoms with E-state index in [1.165, 1.54) is 11.3 Å². The van der Waals surface area contributed by atoms with Crippen molar-refractivity contribution in [1.82, 2.24) is 9.88 Å². The minimum atomic E-state index is -0.855. The average molecular weight is 356 g/mol. The zero-order valence-corrected chi connectivity index (χ0v) is 14.2. The molecule has 7 heteroatoms. The molecule has 3 heterocycles. The number of carboxylic acids is 1. The summed E-state index contributed by atoms with van der Waals surface area (Å²) in [6.45, 7) is 0.783. The smallest absolute Gasteiger partial charge is 0.308 e. The van der Waals surface area contributed by atoms with Crippen LogP contribution in [-0.4, -0.2) is 40.0 Å². The lowest BCUT2D eigenvalue weighted by molar-refractivity contribution is -0.143. The van der Waals surface area contributed by atoms with Crippen LogP contribution in [0.5, 0.6) is 0 Å². The van der Waals surface area contributed by atoms with Gasteiger partial charge in [-0.3, -0.25) is 9.59 Å². The van der Waals surface area contributed by atoms with Gasteiger partial charge in [0, 0.05) is 13.1 Å². The van der Waals surface area contributed by atoms with Gasteiger partial charge in [-0.25, -0.2) is 4.98 Å². The van der Waals surface area contributed by atoms with Crippen molar-refractivity contribution in [3.8, 4) is 10.8 Å². The average Bonchev–Trinajstić information content (AvgIpc) is 3.27. The molecular weight excluding hydrogens is 340 g/mol. The van der Waals surface area contributed by atoms with Crippen molar-refractivity contribution in [2.75, 3.05) is 13.1 Å². The minimum absolute atomic E-state index is 0.222. The number of likely N-dealkylation sites (tertiary alicyclic amines) is 1. The van der Waals surface area contributed by atoms with E-state index in [9.17, 15) is 9.59 Å². The number of aliphatic carboxylic acids is 1. The van der Waals surface area contributed by atoms with Crippen LogP contribution >= 0.6 is 11.3 Å². The van der Waals surface area contributed by atoms with E-state index in [1.54, 1.807) is 17.0 Å². The van der Waals surface area contributed by atoms with E-state index >= 15 is 0 Å². The molecule has 0 aliphatic carbocycles. The summed E-state index contributed by atoms with van der Waals surface area (Å²) in [5.41, 5.74) is 0.895. The molecule has 1 amide bonds. The van der Waals surface area contributed by atoms with E-state index in [1.807, 2.05) is 24.3 Å². The van der Waals surface area contributed by atoms with E-state index in [-0.39, 0.29) is 18.2 Å². The Balaban J connectivity index is 1.56. The van der Waals surface area contributed by atoms with Gasteiger partial charge in [-0.2, -0.15) is 0 Å². The fraction of sp³-hybridized carbons (Fsp3) is 0.278. The number of benzene rings is 1. The van der Waals surface area contributed by atoms with Crippen molar-refractivity contribution >= 4 is 33.4 Å². The van der Waals surface area contributed by atoms with Gasteiger partial charge < -0.3 is 14.4 Å². The first-order chi connectivity index (χ1) is 12.1. The fourth-order valence-electron chi connectivity index (χ4n) is 3.06. The number of para-hydroxylation sites is 1. The van der Waals surface area contributed by atoms with Crippen LogP contribution in [-0.2, 0) is 4.79 Å². The molecule has 6 nitrogen and oxygen atoms in total. The molecule has 25 heavy (non-hydrogen) atoms. The largest absolute Gasteiger partial charge is 0.481 e. The van der Waals surface area contributed by atoms with E-state index in [0.717, 1.165) is 15.2 Å². The lowest BCUT2D eigenvalue weighted by atomic mass is 9.98. The highest BCUT2D eigenvalue weighted by Crippen LogP contribution is 2.31. The number of furan rings is 1. The van der Waals surface area contributed by atoms with Crippen LogP contribution in [0.15, 0.2) is 40.8 Å². The Morgan fingerprint density at radius 3 is 2.88 bits per heavy atom. The Morgan fingerprint density at radius 1 is 1.24 bits per heavy atom. The van der Waals surface area contributed by atoms with E-state index in [4.69, 9.17) is 9.52 Å². The molecule has 0 unspecified atom stereocenters. The van der Waals surface area contributed by atoms with Gasteiger partial charge in [-0.15, -0.1) is 11.3 Å². The Morgan fingerprint density at radius 2 is 2.08 bits per heavy atom. The zero-order valence-electron chi connectivity index (χ0n) is 13.3. The summed E-state index contributed by atoms with van der Waals surface area (Å²) in [7, 11) is 0. The summed E-state index contributed by atoms with van der Waals surface area (Å²) < 4.78 is 6.78. The normalized spacial score (nSPS) is 17.8. The number of rotatable bonds is 3. The number of nitrogens with zero attached hydrogens (tertiary/aromatic N) is 2. The second-order valence-corrected chi connectivity index (χ2v) is 7.11. The molecule has 0 radical (unpaired) electrons. The second-order valence-electron chi connectivity index (χ2n) is 6.08. The van der Waals surface area contributed by atoms with Gasteiger partial charge in [0.2, 0.25) is 0 Å². The Kier molecular flexibility index (Phi) is 4.01. The summed E-state index contributed by atoms with van der Waals surface area (Å²) in [4.78, 5) is 29.9. The number of fused-ring (bicyclic) bond motifs is 1. The molecule has 0 bridgehead atoms. The number of aromatic nitrogens is 1. The highest BCUT2D eigenvalue weighted by Gasteiger charge is 2.30. The number of thiazole rings is 1. The molecule has 3 aromatic rings. The topological polar surface area (TPSA) is 83.6 Å². The summed E-state index contributed by atoms with van der Waals surface area (Å²) in [6.07, 6.45) is 1.29. The molecule has 1 fully saturated rings. The van der Waals surface area contributed by atoms with Gasteiger partial charge in [0.25, 0.3) is 5.91 Å². The molecule has 1 saturated heterocycles. The quantitative estimate of drug-likeness (QED) is 0.776. The Labute approximate surface area is 147 Å². The number of hydrogen-bond acceptors (Lipinski definition) is 5. The van der Waals surface area contributed by atoms with Crippen molar-refractivity contribution in [3.63, 3.8) is 0 Å². The first-order valence-corrected chi connectivity index (χ1v) is 8.91. The van der Waals surface area contributed by atoms with E-state index in [2.05, 4.69) is 4.98 Å². The molecule has 1 aliphatic rings. The molecule has 4 rings (SSSR count). The van der Waals surface area contributed by atoms with Crippen molar-refractivity contribution in [3.05, 3.63) is 42.2 Å². The Bertz CT molecular complexity index is 912. The highest BCUT2D eigenvalue weighted by atomic mass is 32.1. The third kappa shape index (κ3) is 3.02. The number of carboxylic acid groups (broad SMARTS) is 1. The van der Waals surface area contributed by atoms with Crippen LogP contribution in [0.3, 0.4) is 0 Å². The maximum Gasteiger partial charge on any atom is 0.308 e. The van der Waals surface area contributed by atoms with E-state index in [0.29, 0.717) is 25.1 Å². The summed E-state index contributed by atoms with van der Waals surface area (Å²) in [5.74, 6) is -0.849. The number of piperidine rings is 1. The van der Waals surface area contributed by atoms with Gasteiger partial charge in [0.05, 0.1) is 16.1 Å². The van der Waals surface area contributed by atoms with Crippen LogP contribution in [0.25, 0.3) is 21.0 Å². The summed E-state index contributed by atoms with van der Waals surface area (Å²) in [5, 5.41) is 9.89. The predicted octanol–water partition coefficient (Wildman–Crippen LogP) is 3.49. The second kappa shape index (κ2) is 6.33. The van der Waals surface area contributed by atoms with Crippen LogP contribution in [0.1, 0.15) is 23.4 Å². The zero-order chi connectivity index (χ0) is 17.4. The van der Waals surface area contributed by atoms with Crippen LogP contribution < -0.4 is 0 Å². The SMILES string of the molecule is O=C(O)[C@H]1CCCN(C(=O)c2ccc(-c3nc4ccccc4s3)o2)C1. The molecule has 128 valence electrons. The molecule has 0 spiro atoms. The minimum Gasteiger partial charge on any atom is -0.481 e.